The van der Waals surface area contributed by atoms with Gasteiger partial charge in [-0.3, -0.25) is 9.59 Å². The van der Waals surface area contributed by atoms with Crippen molar-refractivity contribution in [3.05, 3.63) is 65.5 Å². The van der Waals surface area contributed by atoms with Crippen LogP contribution in [-0.4, -0.2) is 37.4 Å². The lowest BCUT2D eigenvalue weighted by molar-refractivity contribution is -0.144. The lowest BCUT2D eigenvalue weighted by atomic mass is 10.1. The first-order valence-corrected chi connectivity index (χ1v) is 10.6. The van der Waals surface area contributed by atoms with Crippen molar-refractivity contribution in [1.82, 2.24) is 9.29 Å². The molecule has 1 atom stereocenters. The number of carbonyl (C=O) groups excluding carboxylic acids is 2. The number of nitrogens with one attached hydrogen (secondary N) is 1. The first-order chi connectivity index (χ1) is 13.6. The smallest absolute Gasteiger partial charge is 0.324 e. The van der Waals surface area contributed by atoms with Crippen LogP contribution in [-0.2, 0) is 26.1 Å². The van der Waals surface area contributed by atoms with Crippen LogP contribution in [0.4, 0.5) is 0 Å². The first-order valence-electron chi connectivity index (χ1n) is 9.13. The van der Waals surface area contributed by atoms with Crippen LogP contribution in [0.2, 0.25) is 0 Å². The van der Waals surface area contributed by atoms with Crippen molar-refractivity contribution in [3.63, 3.8) is 0 Å². The van der Waals surface area contributed by atoms with Crippen molar-refractivity contribution < 1.29 is 22.7 Å². The summed E-state index contributed by atoms with van der Waals surface area (Å²) < 4.78 is 34.0. The number of hydrogen-bond acceptors (Lipinski definition) is 5. The average molecular weight is 419 g/mol. The molecule has 0 saturated carbocycles. The fourth-order valence-corrected chi connectivity index (χ4v) is 4.09. The van der Waals surface area contributed by atoms with E-state index in [1.54, 1.807) is 24.3 Å². The van der Waals surface area contributed by atoms with Gasteiger partial charge in [-0.25, -0.2) is 8.42 Å². The Kier molecular flexibility index (Phi) is 7.16. The molecular formula is C21H26N2O5S. The molecule has 2 aromatic rings. The second-order valence-corrected chi connectivity index (χ2v) is 8.58. The number of benzene rings is 1. The van der Waals surface area contributed by atoms with Crippen molar-refractivity contribution in [2.24, 2.45) is 0 Å². The number of hydrogen-bond donors (Lipinski definition) is 1. The van der Waals surface area contributed by atoms with Gasteiger partial charge in [-0.2, -0.15) is 4.72 Å². The normalized spacial score (nSPS) is 12.4. The summed E-state index contributed by atoms with van der Waals surface area (Å²) in [7, 11) is -3.88. The van der Waals surface area contributed by atoms with Gasteiger partial charge >= 0.3 is 5.97 Å². The quantitative estimate of drug-likeness (QED) is 0.384. The van der Waals surface area contributed by atoms with Crippen molar-refractivity contribution in [3.8, 4) is 0 Å². The van der Waals surface area contributed by atoms with E-state index < -0.39 is 28.6 Å². The van der Waals surface area contributed by atoms with Crippen molar-refractivity contribution >= 4 is 21.8 Å². The zero-order valence-corrected chi connectivity index (χ0v) is 17.9. The van der Waals surface area contributed by atoms with Crippen LogP contribution in [0.25, 0.3) is 0 Å². The Hall–Kier alpha value is -2.71. The summed E-state index contributed by atoms with van der Waals surface area (Å²) in [6.45, 7) is 10.7. The lowest BCUT2D eigenvalue weighted by Gasteiger charge is -2.14. The van der Waals surface area contributed by atoms with Crippen LogP contribution in [0, 0.1) is 20.8 Å². The number of ether oxygens (including phenoxy) is 1. The Labute approximate surface area is 171 Å². The number of rotatable bonds is 9. The molecule has 2 rings (SSSR count). The summed E-state index contributed by atoms with van der Waals surface area (Å²) in [5.41, 5.74) is 3.04. The van der Waals surface area contributed by atoms with Gasteiger partial charge in [0.2, 0.25) is 15.8 Å². The van der Waals surface area contributed by atoms with Gasteiger partial charge in [0.1, 0.15) is 6.04 Å². The predicted octanol–water partition coefficient (Wildman–Crippen LogP) is 2.69. The minimum atomic E-state index is -3.88. The number of aromatic nitrogens is 1. The molecule has 0 saturated heterocycles. The van der Waals surface area contributed by atoms with Crippen LogP contribution in [0.1, 0.15) is 34.2 Å². The SMILES string of the molecule is C=CCn1c(C)cc(C(=O)COC(=O)[C@H](C)NS(=O)(=O)c2ccc(C)cc2)c1C. The van der Waals surface area contributed by atoms with E-state index in [9.17, 15) is 18.0 Å². The number of nitrogens with zero attached hydrogens (tertiary/aromatic N) is 1. The summed E-state index contributed by atoms with van der Waals surface area (Å²) in [6.07, 6.45) is 1.73. The molecule has 1 aromatic heterocycles. The molecule has 0 fully saturated rings. The average Bonchev–Trinajstić information content (AvgIpc) is 2.94. The van der Waals surface area contributed by atoms with Gasteiger partial charge in [0.05, 0.1) is 4.90 Å². The second-order valence-electron chi connectivity index (χ2n) is 6.87. The van der Waals surface area contributed by atoms with E-state index in [4.69, 9.17) is 4.74 Å². The van der Waals surface area contributed by atoms with Gasteiger partial charge in [-0.05, 0) is 45.9 Å². The van der Waals surface area contributed by atoms with Crippen LogP contribution in [0.15, 0.2) is 47.9 Å². The highest BCUT2D eigenvalue weighted by Gasteiger charge is 2.24. The van der Waals surface area contributed by atoms with E-state index >= 15 is 0 Å². The van der Waals surface area contributed by atoms with Gasteiger partial charge in [0, 0.05) is 23.5 Å². The van der Waals surface area contributed by atoms with Crippen molar-refractivity contribution in [2.75, 3.05) is 6.61 Å². The highest BCUT2D eigenvalue weighted by atomic mass is 32.2. The molecule has 8 heteroatoms. The summed E-state index contributed by atoms with van der Waals surface area (Å²) in [6, 6.07) is 6.84. The molecule has 0 radical (unpaired) electrons. The van der Waals surface area contributed by atoms with Crippen LogP contribution < -0.4 is 4.72 Å². The van der Waals surface area contributed by atoms with Gasteiger partial charge < -0.3 is 9.30 Å². The number of aryl methyl sites for hydroxylation is 2. The zero-order chi connectivity index (χ0) is 21.8. The van der Waals surface area contributed by atoms with E-state index in [1.165, 1.54) is 19.1 Å². The summed E-state index contributed by atoms with van der Waals surface area (Å²) in [5.74, 6) is -1.18. The van der Waals surface area contributed by atoms with E-state index in [1.807, 2.05) is 25.3 Å². The van der Waals surface area contributed by atoms with Crippen molar-refractivity contribution in [2.45, 2.75) is 45.2 Å². The third kappa shape index (κ3) is 5.42. The van der Waals surface area contributed by atoms with E-state index in [-0.39, 0.29) is 10.7 Å². The van der Waals surface area contributed by atoms with Crippen molar-refractivity contribution in [1.29, 1.82) is 0 Å². The number of esters is 1. The molecular weight excluding hydrogens is 392 g/mol. The highest BCUT2D eigenvalue weighted by Crippen LogP contribution is 2.16. The molecule has 0 spiro atoms. The third-order valence-electron chi connectivity index (χ3n) is 4.55. The van der Waals surface area contributed by atoms with Gasteiger partial charge in [-0.1, -0.05) is 23.8 Å². The third-order valence-corrected chi connectivity index (χ3v) is 6.10. The van der Waals surface area contributed by atoms with Crippen LogP contribution in [0.5, 0.6) is 0 Å². The largest absolute Gasteiger partial charge is 0.456 e. The Balaban J connectivity index is 1.99. The van der Waals surface area contributed by atoms with Crippen LogP contribution in [0.3, 0.4) is 0 Å². The molecule has 29 heavy (non-hydrogen) atoms. The monoisotopic (exact) mass is 418 g/mol. The molecule has 156 valence electrons. The number of carbonyl (C=O) groups is 2. The molecule has 0 aliphatic rings. The lowest BCUT2D eigenvalue weighted by Crippen LogP contribution is -2.40. The summed E-state index contributed by atoms with van der Waals surface area (Å²) >= 11 is 0. The highest BCUT2D eigenvalue weighted by molar-refractivity contribution is 7.89. The molecule has 1 aromatic carbocycles. The summed E-state index contributed by atoms with van der Waals surface area (Å²) in [4.78, 5) is 24.7. The number of Topliss-reactive ketones (excluding diaryl/α,β-unsaturated/α-hetero) is 1. The molecule has 0 amide bonds. The molecule has 0 aliphatic carbocycles. The predicted molar refractivity (Wildman–Crippen MR) is 110 cm³/mol. The standard InChI is InChI=1S/C21H26N2O5S/c1-6-11-23-15(3)12-19(17(23)5)20(24)13-28-21(25)16(4)22-29(26,27)18-9-7-14(2)8-10-18/h6-10,12,16,22H,1,11,13H2,2-5H3/t16-/m0/s1. The second kappa shape index (κ2) is 9.19. The molecule has 0 unspecified atom stereocenters. The van der Waals surface area contributed by atoms with Gasteiger partial charge in [0.15, 0.2) is 6.61 Å². The maximum absolute atomic E-state index is 12.4. The Morgan fingerprint density at radius 1 is 1.21 bits per heavy atom. The fraction of sp³-hybridized carbons (Fsp3) is 0.333. The molecule has 1 N–H and O–H groups in total. The molecule has 0 bridgehead atoms. The zero-order valence-electron chi connectivity index (χ0n) is 17.1. The molecule has 7 nitrogen and oxygen atoms in total. The fourth-order valence-electron chi connectivity index (χ4n) is 2.90. The number of ketones is 1. The van der Waals surface area contributed by atoms with Gasteiger partial charge in [-0.15, -0.1) is 6.58 Å². The number of sulfonamides is 1. The van der Waals surface area contributed by atoms with E-state index in [0.717, 1.165) is 17.0 Å². The molecule has 0 aliphatic heterocycles. The Morgan fingerprint density at radius 2 is 1.83 bits per heavy atom. The van der Waals surface area contributed by atoms with Gasteiger partial charge in [0.25, 0.3) is 0 Å². The maximum Gasteiger partial charge on any atom is 0.324 e. The molecule has 1 heterocycles. The maximum atomic E-state index is 12.4. The van der Waals surface area contributed by atoms with Crippen LogP contribution >= 0.6 is 0 Å². The topological polar surface area (TPSA) is 94.5 Å². The first kappa shape index (κ1) is 22.6. The number of allylic oxidation sites excluding steroid dienone is 1. The Bertz CT molecular complexity index is 1020. The Morgan fingerprint density at radius 3 is 2.41 bits per heavy atom. The minimum absolute atomic E-state index is 0.0495. The van der Waals surface area contributed by atoms with E-state index in [0.29, 0.717) is 12.1 Å². The van der Waals surface area contributed by atoms with E-state index in [2.05, 4.69) is 11.3 Å². The summed E-state index contributed by atoms with van der Waals surface area (Å²) in [5, 5.41) is 0. The minimum Gasteiger partial charge on any atom is -0.456 e.